The number of nitrogens with zero attached hydrogens (tertiary/aromatic N) is 2. The van der Waals surface area contributed by atoms with Gasteiger partial charge in [-0.25, -0.2) is 15.0 Å². The van der Waals surface area contributed by atoms with Crippen molar-refractivity contribution in [2.24, 2.45) is 21.8 Å². The number of imide groups is 1. The maximum absolute atomic E-state index is 15.8. The number of ether oxygens (including phenoxy) is 6. The summed E-state index contributed by atoms with van der Waals surface area (Å²) >= 11 is 0. The molecule has 446 valence electrons. The highest BCUT2D eigenvalue weighted by atomic mass is 16.6. The molecule has 2 bridgehead atoms. The van der Waals surface area contributed by atoms with E-state index in [1.807, 2.05) is 0 Å². The number of hydrogen-bond donors (Lipinski definition) is 4. The molecule has 22 nitrogen and oxygen atoms in total. The van der Waals surface area contributed by atoms with Crippen molar-refractivity contribution < 1.29 is 86.6 Å². The van der Waals surface area contributed by atoms with Gasteiger partial charge in [0, 0.05) is 68.5 Å². The Morgan fingerprint density at radius 1 is 0.774 bits per heavy atom. The number of hydrazone groups is 1. The molecule has 5 aliphatic rings. The van der Waals surface area contributed by atoms with E-state index < -0.39 is 131 Å². The van der Waals surface area contributed by atoms with Crippen molar-refractivity contribution in [3.8, 4) is 0 Å². The van der Waals surface area contributed by atoms with Crippen LogP contribution in [0.15, 0.2) is 119 Å². The number of nitrogens with one attached hydrogen (secondary N) is 2. The van der Waals surface area contributed by atoms with Crippen LogP contribution in [0.4, 0.5) is 0 Å². The van der Waals surface area contributed by atoms with Gasteiger partial charge < -0.3 is 44.0 Å². The van der Waals surface area contributed by atoms with Gasteiger partial charge >= 0.3 is 29.8 Å². The minimum atomic E-state index is -2.51. The number of fused-ring (bicyclic) bond motifs is 5. The van der Waals surface area contributed by atoms with Gasteiger partial charge in [0.15, 0.2) is 17.5 Å². The van der Waals surface area contributed by atoms with Gasteiger partial charge in [0.25, 0.3) is 17.7 Å². The lowest BCUT2D eigenvalue weighted by Crippen LogP contribution is -2.82. The van der Waals surface area contributed by atoms with Crippen LogP contribution in [0.2, 0.25) is 0 Å². The van der Waals surface area contributed by atoms with E-state index in [2.05, 4.69) is 15.8 Å². The molecule has 2 aliphatic heterocycles. The van der Waals surface area contributed by atoms with Gasteiger partial charge in [-0.15, -0.1) is 0 Å². The van der Waals surface area contributed by atoms with E-state index in [1.165, 1.54) is 64.1 Å². The lowest BCUT2D eigenvalue weighted by Gasteiger charge is -2.67. The summed E-state index contributed by atoms with van der Waals surface area (Å²) in [6.07, 6.45) is -7.64. The molecule has 2 unspecified atom stereocenters. The van der Waals surface area contributed by atoms with Gasteiger partial charge in [-0.3, -0.25) is 43.3 Å². The molecule has 84 heavy (non-hydrogen) atoms. The zero-order chi connectivity index (χ0) is 60.9. The molecule has 2 saturated carbocycles. The summed E-state index contributed by atoms with van der Waals surface area (Å²) in [5, 5.41) is 33.3. The first-order chi connectivity index (χ1) is 39.8. The number of aliphatic hydroxyl groups excluding tert-OH is 1. The Balaban J connectivity index is 1.15. The second kappa shape index (κ2) is 25.3. The number of aliphatic hydroxyl groups is 2. The third-order valence-electron chi connectivity index (χ3n) is 17.0. The van der Waals surface area contributed by atoms with E-state index in [-0.39, 0.29) is 72.1 Å². The second-order valence-corrected chi connectivity index (χ2v) is 22.7. The molecule has 8 rings (SSSR count). The topological polar surface area (TPSA) is 306 Å². The fourth-order valence-electron chi connectivity index (χ4n) is 12.4. The SMILES string of the molecule is CC(=O)O[C@H]1C(=O)[C@@]2(C)C([C@H](OC(=O)c3ccccc3)[C@]3(O)C[C@H](OC(=O)[C@H](OC(=O)CC/C(C)=N\NC(=O)CCCCCN4C(=O)C=CC4=O)C(NC(=O)c4ccccc4)c4ccccc4)C(C)=C1C3(C)C)[C@]1(OC(C)=O)CO[C@@H]1C[C@@H]2O. The zero-order valence-electron chi connectivity index (χ0n) is 47.8. The maximum Gasteiger partial charge on any atom is 0.350 e. The number of rotatable bonds is 21. The lowest BCUT2D eigenvalue weighted by atomic mass is 9.44. The molecule has 2 heterocycles. The first-order valence-corrected chi connectivity index (χ1v) is 27.9. The number of carbonyl (C=O) groups is 10. The molecule has 3 fully saturated rings. The first-order valence-electron chi connectivity index (χ1n) is 27.9. The van der Waals surface area contributed by atoms with Crippen LogP contribution in [-0.4, -0.2) is 141 Å². The summed E-state index contributed by atoms with van der Waals surface area (Å²) in [5.41, 5.74) is -5.03. The lowest BCUT2D eigenvalue weighted by molar-refractivity contribution is -0.346. The molecule has 4 N–H and O–H groups in total. The molecule has 0 spiro atoms. The van der Waals surface area contributed by atoms with Crippen molar-refractivity contribution in [3.05, 3.63) is 131 Å². The Morgan fingerprint density at radius 3 is 1.99 bits per heavy atom. The van der Waals surface area contributed by atoms with E-state index in [0.29, 0.717) is 25.0 Å². The number of Topliss-reactive ketones (excluding diaryl/α,β-unsaturated/α-hetero) is 1. The number of hydrogen-bond acceptors (Lipinski definition) is 19. The molecule has 1 saturated heterocycles. The predicted octanol–water partition coefficient (Wildman–Crippen LogP) is 5.04. The minimum absolute atomic E-state index is 0.0203. The highest BCUT2D eigenvalue weighted by Gasteiger charge is 2.78. The van der Waals surface area contributed by atoms with E-state index >= 15 is 9.59 Å². The summed E-state index contributed by atoms with van der Waals surface area (Å²) in [4.78, 5) is 138. The standard InChI is InChI=1S/C62H70N4O18/c1-35(64-65-45(70)26-18-11-19-31-66-46(71)28-29-47(66)72)27-30-48(73)82-52(50(39-20-12-8-13-21-39)63-56(75)40-22-14-9-15-23-40)58(77)81-42-33-62(78)55(83-57(76)41-24-16-10-17-25-41)53-60(7,43(69)32-44-61(53,34-79-44)84-38(4)68)54(74)51(80-37(3)67)49(36(42)2)59(62,5)6/h8-10,12-17,20-25,28-29,42-44,50-53,55,69,78H,11,18-19,26-27,30-34H2,1-7H3,(H,63,75)(H,65,70)/b64-35-/t42-,43-,44+,50?,51+,52+,53?,55-,60+,61-,62+/m0/s1. The van der Waals surface area contributed by atoms with Gasteiger partial charge in [0.05, 0.1) is 36.0 Å². The average molecular weight is 1160 g/mol. The van der Waals surface area contributed by atoms with Gasteiger partial charge in [-0.2, -0.15) is 5.10 Å². The fraction of sp³-hybridized carbons (Fsp3) is 0.468. The van der Waals surface area contributed by atoms with Crippen molar-refractivity contribution in [1.29, 1.82) is 0 Å². The van der Waals surface area contributed by atoms with Crippen LogP contribution in [-0.2, 0) is 66.8 Å². The van der Waals surface area contributed by atoms with E-state index in [1.54, 1.807) is 73.7 Å². The predicted molar refractivity (Wildman–Crippen MR) is 296 cm³/mol. The molecule has 3 aliphatic carbocycles. The Bertz CT molecular complexity index is 3150. The molecule has 0 aromatic heterocycles. The number of unbranched alkanes of at least 4 members (excludes halogenated alkanes) is 2. The monoisotopic (exact) mass is 1160 g/mol. The number of carbonyl (C=O) groups excluding carboxylic acids is 10. The third-order valence-corrected chi connectivity index (χ3v) is 17.0. The Morgan fingerprint density at radius 2 is 1.39 bits per heavy atom. The van der Waals surface area contributed by atoms with Crippen LogP contribution < -0.4 is 10.7 Å². The molecular weight excluding hydrogens is 1090 g/mol. The zero-order valence-corrected chi connectivity index (χ0v) is 47.8. The highest BCUT2D eigenvalue weighted by Crippen LogP contribution is 2.64. The second-order valence-electron chi connectivity index (χ2n) is 22.7. The van der Waals surface area contributed by atoms with Crippen LogP contribution >= 0.6 is 0 Å². The van der Waals surface area contributed by atoms with E-state index in [9.17, 15) is 48.6 Å². The molecule has 3 aromatic carbocycles. The normalized spacial score (nSPS) is 27.5. The first kappa shape index (κ1) is 61.9. The van der Waals surface area contributed by atoms with Crippen molar-refractivity contribution >= 4 is 65.0 Å². The van der Waals surface area contributed by atoms with Crippen molar-refractivity contribution in [1.82, 2.24) is 15.6 Å². The van der Waals surface area contributed by atoms with Crippen LogP contribution in [0.25, 0.3) is 0 Å². The summed E-state index contributed by atoms with van der Waals surface area (Å²) in [6.45, 7) is 9.53. The smallest absolute Gasteiger partial charge is 0.350 e. The van der Waals surface area contributed by atoms with Gasteiger partial charge in [-0.1, -0.05) is 87.0 Å². The van der Waals surface area contributed by atoms with Crippen LogP contribution in [0.5, 0.6) is 0 Å². The molecule has 4 amide bonds. The summed E-state index contributed by atoms with van der Waals surface area (Å²) in [7, 11) is 0. The quantitative estimate of drug-likeness (QED) is 0.0206. The van der Waals surface area contributed by atoms with Crippen LogP contribution in [0, 0.1) is 16.7 Å². The molecule has 11 atom stereocenters. The van der Waals surface area contributed by atoms with E-state index in [4.69, 9.17) is 28.4 Å². The van der Waals surface area contributed by atoms with Gasteiger partial charge in [-0.05, 0) is 81.0 Å². The third kappa shape index (κ3) is 12.4. The molecule has 3 aromatic rings. The summed E-state index contributed by atoms with van der Waals surface area (Å²) in [6, 6.07) is 22.4. The molecule has 0 radical (unpaired) electrons. The van der Waals surface area contributed by atoms with Gasteiger partial charge in [0.1, 0.15) is 30.0 Å². The van der Waals surface area contributed by atoms with Crippen LogP contribution in [0.3, 0.4) is 0 Å². The highest BCUT2D eigenvalue weighted by molar-refractivity contribution is 6.12. The van der Waals surface area contributed by atoms with Crippen molar-refractivity contribution in [2.45, 2.75) is 154 Å². The summed E-state index contributed by atoms with van der Waals surface area (Å²) in [5.74, 6) is -9.43. The Labute approximate surface area is 485 Å². The Kier molecular flexibility index (Phi) is 18.7. The summed E-state index contributed by atoms with van der Waals surface area (Å²) < 4.78 is 37.0. The van der Waals surface area contributed by atoms with E-state index in [0.717, 1.165) is 18.7 Å². The largest absolute Gasteiger partial charge is 0.455 e. The van der Waals surface area contributed by atoms with Gasteiger partial charge in [0.2, 0.25) is 12.0 Å². The average Bonchev–Trinajstić information content (AvgIpc) is 0.816. The minimum Gasteiger partial charge on any atom is -0.455 e. The maximum atomic E-state index is 15.8. The number of esters is 5. The number of benzene rings is 3. The fourth-order valence-corrected chi connectivity index (χ4v) is 12.4. The van der Waals surface area contributed by atoms with Crippen molar-refractivity contribution in [3.63, 3.8) is 0 Å². The molecule has 22 heteroatoms. The van der Waals surface area contributed by atoms with Crippen LogP contribution in [0.1, 0.15) is 132 Å². The number of ketones is 1. The number of amides is 4. The Hall–Kier alpha value is -8.21. The van der Waals surface area contributed by atoms with Crippen molar-refractivity contribution in [2.75, 3.05) is 13.2 Å². The molecular formula is C62H70N4O18.